The summed E-state index contributed by atoms with van der Waals surface area (Å²) in [6.45, 7) is 2.95. The first-order valence-corrected chi connectivity index (χ1v) is 10.6. The van der Waals surface area contributed by atoms with Crippen molar-refractivity contribution in [3.05, 3.63) is 70.6 Å². The molecule has 0 spiro atoms. The highest BCUT2D eigenvalue weighted by Crippen LogP contribution is 2.23. The van der Waals surface area contributed by atoms with Crippen LogP contribution in [0.1, 0.15) is 23.2 Å². The molecule has 0 aliphatic carbocycles. The van der Waals surface area contributed by atoms with Crippen molar-refractivity contribution in [3.8, 4) is 0 Å². The smallest absolute Gasteiger partial charge is 0.265 e. The number of carbonyl (C=O) groups is 1. The third-order valence-corrected chi connectivity index (χ3v) is 5.96. The topological polar surface area (TPSA) is 86.9 Å². The van der Waals surface area contributed by atoms with Gasteiger partial charge in [0.25, 0.3) is 11.5 Å². The van der Waals surface area contributed by atoms with Gasteiger partial charge in [-0.1, -0.05) is 30.3 Å². The van der Waals surface area contributed by atoms with E-state index in [9.17, 15) is 14.7 Å². The Bertz CT molecular complexity index is 1350. The first kappa shape index (κ1) is 19.7. The van der Waals surface area contributed by atoms with E-state index in [-0.39, 0.29) is 17.6 Å². The van der Waals surface area contributed by atoms with E-state index in [4.69, 9.17) is 4.98 Å². The number of amides is 1. The minimum absolute atomic E-state index is 0.187. The summed E-state index contributed by atoms with van der Waals surface area (Å²) in [5.74, 6) is -0.244. The molecule has 4 aromatic rings. The zero-order valence-corrected chi connectivity index (χ0v) is 17.1. The molecule has 158 valence electrons. The second-order valence-electron chi connectivity index (χ2n) is 8.07. The fourth-order valence-electron chi connectivity index (χ4n) is 4.35. The standard InChI is InChI=1S/C24H24N4O3/c29-17-10-14-27(15-17)12-4-11-25-23(30)20-7-3-13-28-22(20)26-21-18-6-2-1-5-16(18)8-9-19(21)24(28)31/h1-3,5-9,13,17,29H,4,10-12,14-15H2,(H,25,30)/t17-/m1/s1. The molecule has 1 atom stereocenters. The van der Waals surface area contributed by atoms with Crippen LogP contribution >= 0.6 is 0 Å². The van der Waals surface area contributed by atoms with Gasteiger partial charge in [0.05, 0.1) is 22.6 Å². The molecule has 1 amide bonds. The van der Waals surface area contributed by atoms with Crippen molar-refractivity contribution in [3.63, 3.8) is 0 Å². The van der Waals surface area contributed by atoms with E-state index in [1.807, 2.05) is 30.3 Å². The summed E-state index contributed by atoms with van der Waals surface area (Å²) in [5, 5.41) is 15.0. The number of likely N-dealkylation sites (tertiary alicyclic amines) is 1. The molecule has 7 heteroatoms. The summed E-state index contributed by atoms with van der Waals surface area (Å²) in [4.78, 5) is 33.0. The maximum atomic E-state index is 13.1. The van der Waals surface area contributed by atoms with E-state index in [0.29, 0.717) is 35.2 Å². The SMILES string of the molecule is O=C(NCCCN1CC[C@@H](O)C1)c1cccn2c(=O)c3ccc4ccccc4c3nc12. The fourth-order valence-corrected chi connectivity index (χ4v) is 4.35. The summed E-state index contributed by atoms with van der Waals surface area (Å²) >= 11 is 0. The van der Waals surface area contributed by atoms with Crippen molar-refractivity contribution in [2.45, 2.75) is 18.9 Å². The third kappa shape index (κ3) is 3.66. The molecule has 0 radical (unpaired) electrons. The van der Waals surface area contributed by atoms with Gasteiger partial charge in [0.2, 0.25) is 0 Å². The average Bonchev–Trinajstić information content (AvgIpc) is 3.21. The van der Waals surface area contributed by atoms with Crippen LogP contribution in [0.25, 0.3) is 27.3 Å². The molecule has 5 rings (SSSR count). The number of hydrogen-bond acceptors (Lipinski definition) is 5. The van der Waals surface area contributed by atoms with Crippen LogP contribution in [-0.2, 0) is 0 Å². The predicted octanol–water partition coefficient (Wildman–Crippen LogP) is 2.19. The Labute approximate surface area is 178 Å². The number of β-amino-alcohol motifs (C(OH)–C–C–N with tert-alkyl or cyclic N) is 1. The quantitative estimate of drug-likeness (QED) is 0.296. The number of hydrogen-bond donors (Lipinski definition) is 2. The highest BCUT2D eigenvalue weighted by molar-refractivity contribution is 6.07. The van der Waals surface area contributed by atoms with Crippen LogP contribution in [0, 0.1) is 0 Å². The molecule has 1 aliphatic rings. The number of pyridine rings is 1. The number of rotatable bonds is 5. The van der Waals surface area contributed by atoms with Crippen LogP contribution in [0.2, 0.25) is 0 Å². The van der Waals surface area contributed by atoms with Gasteiger partial charge >= 0.3 is 0 Å². The first-order chi connectivity index (χ1) is 15.1. The molecule has 1 aliphatic heterocycles. The van der Waals surface area contributed by atoms with Crippen molar-refractivity contribution in [1.29, 1.82) is 0 Å². The molecular weight excluding hydrogens is 392 g/mol. The van der Waals surface area contributed by atoms with Gasteiger partial charge < -0.3 is 15.3 Å². The zero-order valence-electron chi connectivity index (χ0n) is 17.1. The Kier molecular flexibility index (Phi) is 5.13. The summed E-state index contributed by atoms with van der Waals surface area (Å²) < 4.78 is 1.44. The van der Waals surface area contributed by atoms with E-state index in [1.54, 1.807) is 24.4 Å². The maximum absolute atomic E-state index is 13.1. The largest absolute Gasteiger partial charge is 0.392 e. The van der Waals surface area contributed by atoms with Gasteiger partial charge in [-0.2, -0.15) is 0 Å². The number of aliphatic hydroxyl groups is 1. The van der Waals surface area contributed by atoms with Gasteiger partial charge in [-0.05, 0) is 43.0 Å². The lowest BCUT2D eigenvalue weighted by molar-refractivity contribution is 0.0952. The third-order valence-electron chi connectivity index (χ3n) is 5.96. The minimum Gasteiger partial charge on any atom is -0.392 e. The molecule has 1 saturated heterocycles. The molecule has 2 aromatic heterocycles. The second kappa shape index (κ2) is 8.09. The monoisotopic (exact) mass is 416 g/mol. The summed E-state index contributed by atoms with van der Waals surface area (Å²) in [5.41, 5.74) is 1.16. The molecule has 31 heavy (non-hydrogen) atoms. The number of nitrogens with one attached hydrogen (secondary N) is 1. The van der Waals surface area contributed by atoms with Crippen LogP contribution in [0.5, 0.6) is 0 Å². The molecule has 1 fully saturated rings. The number of aromatic nitrogens is 2. The van der Waals surface area contributed by atoms with Crippen LogP contribution in [0.3, 0.4) is 0 Å². The number of nitrogens with zero attached hydrogens (tertiary/aromatic N) is 3. The molecule has 3 heterocycles. The summed E-state index contributed by atoms with van der Waals surface area (Å²) in [6, 6.07) is 14.9. The normalized spacial score (nSPS) is 17.0. The summed E-state index contributed by atoms with van der Waals surface area (Å²) in [6.07, 6.45) is 3.02. The van der Waals surface area contributed by atoms with E-state index in [1.165, 1.54) is 4.40 Å². The molecule has 7 nitrogen and oxygen atoms in total. The van der Waals surface area contributed by atoms with E-state index < -0.39 is 0 Å². The lowest BCUT2D eigenvalue weighted by atomic mass is 10.1. The van der Waals surface area contributed by atoms with Crippen LogP contribution in [-0.4, -0.2) is 57.6 Å². The minimum atomic E-state index is -0.244. The Balaban J connectivity index is 1.45. The lowest BCUT2D eigenvalue weighted by Crippen LogP contribution is -2.30. The van der Waals surface area contributed by atoms with Crippen molar-refractivity contribution in [2.75, 3.05) is 26.2 Å². The summed E-state index contributed by atoms with van der Waals surface area (Å²) in [7, 11) is 0. The van der Waals surface area contributed by atoms with Gasteiger partial charge in [0, 0.05) is 31.2 Å². The second-order valence-corrected chi connectivity index (χ2v) is 8.07. The van der Waals surface area contributed by atoms with E-state index >= 15 is 0 Å². The van der Waals surface area contributed by atoms with E-state index in [0.717, 1.165) is 36.7 Å². The number of carbonyl (C=O) groups excluding carboxylic acids is 1. The first-order valence-electron chi connectivity index (χ1n) is 10.6. The number of fused-ring (bicyclic) bond motifs is 4. The van der Waals surface area contributed by atoms with Crippen molar-refractivity contribution in [2.24, 2.45) is 0 Å². The predicted molar refractivity (Wildman–Crippen MR) is 120 cm³/mol. The molecule has 0 unspecified atom stereocenters. The van der Waals surface area contributed by atoms with Gasteiger partial charge in [-0.25, -0.2) is 4.98 Å². The molecule has 2 N–H and O–H groups in total. The number of aliphatic hydroxyl groups excluding tert-OH is 1. The molecular formula is C24H24N4O3. The zero-order chi connectivity index (χ0) is 21.4. The highest BCUT2D eigenvalue weighted by Gasteiger charge is 2.19. The van der Waals surface area contributed by atoms with Crippen molar-refractivity contribution < 1.29 is 9.90 Å². The maximum Gasteiger partial charge on any atom is 0.265 e. The van der Waals surface area contributed by atoms with Gasteiger partial charge in [0.15, 0.2) is 5.65 Å². The van der Waals surface area contributed by atoms with Crippen LogP contribution < -0.4 is 10.9 Å². The Hall–Kier alpha value is -3.29. The Morgan fingerprint density at radius 3 is 2.84 bits per heavy atom. The fraction of sp³-hybridized carbons (Fsp3) is 0.292. The van der Waals surface area contributed by atoms with Gasteiger partial charge in [-0.15, -0.1) is 0 Å². The Morgan fingerprint density at radius 1 is 1.13 bits per heavy atom. The van der Waals surface area contributed by atoms with Crippen molar-refractivity contribution >= 4 is 33.2 Å². The van der Waals surface area contributed by atoms with Gasteiger partial charge in [0.1, 0.15) is 0 Å². The van der Waals surface area contributed by atoms with Crippen molar-refractivity contribution in [1.82, 2.24) is 19.6 Å². The van der Waals surface area contributed by atoms with Gasteiger partial charge in [-0.3, -0.25) is 14.0 Å². The van der Waals surface area contributed by atoms with Crippen LogP contribution in [0.15, 0.2) is 59.5 Å². The Morgan fingerprint density at radius 2 is 2.00 bits per heavy atom. The van der Waals surface area contributed by atoms with E-state index in [2.05, 4.69) is 10.2 Å². The molecule has 0 saturated carbocycles. The van der Waals surface area contributed by atoms with Crippen LogP contribution in [0.4, 0.5) is 0 Å². The molecule has 2 aromatic carbocycles. The lowest BCUT2D eigenvalue weighted by Gasteiger charge is -2.15. The average molecular weight is 416 g/mol. The number of benzene rings is 2. The molecule has 0 bridgehead atoms. The highest BCUT2D eigenvalue weighted by atomic mass is 16.3.